The molecule has 0 bridgehead atoms. The molecule has 0 saturated heterocycles. The van der Waals surface area contributed by atoms with Crippen LogP contribution in [0.4, 0.5) is 5.69 Å². The molecule has 102 valence electrons. The van der Waals surface area contributed by atoms with Crippen LogP contribution in [0.3, 0.4) is 0 Å². The first-order valence-electron chi connectivity index (χ1n) is 5.54. The molecule has 0 saturated carbocycles. The second-order valence-corrected chi connectivity index (χ2v) is 5.69. The molecule has 0 spiro atoms. The monoisotopic (exact) mass is 371 g/mol. The zero-order chi connectivity index (χ0) is 14.7. The second-order valence-electron chi connectivity index (χ2n) is 3.96. The first-order chi connectivity index (χ1) is 9.47. The lowest BCUT2D eigenvalue weighted by Crippen LogP contribution is -1.91. The summed E-state index contributed by atoms with van der Waals surface area (Å²) in [4.78, 5) is 10.5. The Morgan fingerprint density at radius 3 is 2.15 bits per heavy atom. The summed E-state index contributed by atoms with van der Waals surface area (Å²) in [6.45, 7) is 0. The van der Waals surface area contributed by atoms with Gasteiger partial charge in [0.25, 0.3) is 5.69 Å². The minimum Gasteiger partial charge on any atom is -0.258 e. The van der Waals surface area contributed by atoms with Crippen LogP contribution in [0.15, 0.2) is 40.9 Å². The van der Waals surface area contributed by atoms with Crippen molar-refractivity contribution in [2.45, 2.75) is 0 Å². The van der Waals surface area contributed by atoms with Gasteiger partial charge in [0.05, 0.1) is 10.5 Å². The first-order valence-corrected chi connectivity index (χ1v) is 7.09. The Kier molecular flexibility index (Phi) is 4.81. The summed E-state index contributed by atoms with van der Waals surface area (Å²) in [6.07, 6.45) is 3.44. The number of nitro groups is 1. The quantitative estimate of drug-likeness (QED) is 0.386. The lowest BCUT2D eigenvalue weighted by Gasteiger charge is -2.01. The van der Waals surface area contributed by atoms with Crippen LogP contribution in [-0.2, 0) is 0 Å². The molecule has 0 aliphatic carbocycles. The number of benzene rings is 2. The van der Waals surface area contributed by atoms with E-state index in [-0.39, 0.29) is 5.69 Å². The first kappa shape index (κ1) is 15.0. The number of hydrogen-bond acceptors (Lipinski definition) is 2. The van der Waals surface area contributed by atoms with E-state index in [2.05, 4.69) is 15.9 Å². The van der Waals surface area contributed by atoms with Crippen LogP contribution in [-0.4, -0.2) is 4.92 Å². The van der Waals surface area contributed by atoms with Gasteiger partial charge in [-0.1, -0.05) is 51.3 Å². The Balaban J connectivity index is 2.38. The molecule has 2 aromatic rings. The van der Waals surface area contributed by atoms with Crippen molar-refractivity contribution in [3.8, 4) is 0 Å². The maximum absolute atomic E-state index is 11.0. The van der Waals surface area contributed by atoms with Gasteiger partial charge in [0.2, 0.25) is 0 Å². The standard InChI is InChI=1S/C14H8BrCl2NO2/c15-13-7-11(16)5-3-9(13)1-2-10-4-6-12(17)8-14(10)18(19)20/h1-8H/b2-1+. The molecule has 3 nitrogen and oxygen atoms in total. The largest absolute Gasteiger partial charge is 0.278 e. The van der Waals surface area contributed by atoms with Crippen LogP contribution >= 0.6 is 39.1 Å². The van der Waals surface area contributed by atoms with E-state index in [1.165, 1.54) is 6.07 Å². The topological polar surface area (TPSA) is 43.1 Å². The second kappa shape index (κ2) is 6.39. The van der Waals surface area contributed by atoms with Gasteiger partial charge in [-0.25, -0.2) is 0 Å². The lowest BCUT2D eigenvalue weighted by molar-refractivity contribution is -0.385. The average Bonchev–Trinajstić information content (AvgIpc) is 2.38. The maximum atomic E-state index is 11.0. The molecule has 0 N–H and O–H groups in total. The highest BCUT2D eigenvalue weighted by molar-refractivity contribution is 9.10. The Bertz CT molecular complexity index is 702. The molecule has 2 aromatic carbocycles. The molecule has 0 atom stereocenters. The summed E-state index contributed by atoms with van der Waals surface area (Å²) in [6, 6.07) is 9.90. The van der Waals surface area contributed by atoms with Gasteiger partial charge in [0.1, 0.15) is 0 Å². The van der Waals surface area contributed by atoms with Crippen molar-refractivity contribution >= 4 is 57.0 Å². The highest BCUT2D eigenvalue weighted by atomic mass is 79.9. The third kappa shape index (κ3) is 3.60. The molecule has 0 aliphatic rings. The molecule has 20 heavy (non-hydrogen) atoms. The smallest absolute Gasteiger partial charge is 0.258 e. The molecule has 0 fully saturated rings. The van der Waals surface area contributed by atoms with E-state index in [1.807, 2.05) is 6.07 Å². The van der Waals surface area contributed by atoms with Gasteiger partial charge >= 0.3 is 0 Å². The van der Waals surface area contributed by atoms with E-state index in [4.69, 9.17) is 23.2 Å². The molecule has 6 heteroatoms. The Morgan fingerprint density at radius 2 is 1.55 bits per heavy atom. The molecule has 0 aromatic heterocycles. The summed E-state index contributed by atoms with van der Waals surface area (Å²) in [5.41, 5.74) is 1.33. The lowest BCUT2D eigenvalue weighted by atomic mass is 10.1. The Hall–Kier alpha value is -1.36. The predicted molar refractivity (Wildman–Crippen MR) is 86.2 cm³/mol. The van der Waals surface area contributed by atoms with Gasteiger partial charge in [0, 0.05) is 20.6 Å². The third-order valence-corrected chi connectivity index (χ3v) is 3.75. The zero-order valence-electron chi connectivity index (χ0n) is 10.0. The van der Waals surface area contributed by atoms with Crippen LogP contribution in [0.25, 0.3) is 12.2 Å². The molecule has 0 amide bonds. The van der Waals surface area contributed by atoms with E-state index in [0.29, 0.717) is 15.6 Å². The molecule has 0 heterocycles. The van der Waals surface area contributed by atoms with Crippen molar-refractivity contribution in [3.63, 3.8) is 0 Å². The van der Waals surface area contributed by atoms with Gasteiger partial charge in [-0.2, -0.15) is 0 Å². The van der Waals surface area contributed by atoms with Crippen molar-refractivity contribution in [2.24, 2.45) is 0 Å². The van der Waals surface area contributed by atoms with Crippen LogP contribution in [0.2, 0.25) is 10.0 Å². The summed E-state index contributed by atoms with van der Waals surface area (Å²) in [7, 11) is 0. The highest BCUT2D eigenvalue weighted by Gasteiger charge is 2.11. The average molecular weight is 373 g/mol. The molecular formula is C14H8BrCl2NO2. The van der Waals surface area contributed by atoms with Crippen molar-refractivity contribution in [2.75, 3.05) is 0 Å². The molecule has 2 rings (SSSR count). The van der Waals surface area contributed by atoms with Gasteiger partial charge in [-0.15, -0.1) is 0 Å². The maximum Gasteiger partial charge on any atom is 0.278 e. The number of halogens is 3. The van der Waals surface area contributed by atoms with E-state index >= 15 is 0 Å². The van der Waals surface area contributed by atoms with E-state index in [1.54, 1.807) is 36.4 Å². The SMILES string of the molecule is O=[N+]([O-])c1cc(Cl)ccc1/C=C/c1ccc(Cl)cc1Br. The van der Waals surface area contributed by atoms with Crippen molar-refractivity contribution < 1.29 is 4.92 Å². The zero-order valence-corrected chi connectivity index (χ0v) is 13.1. The van der Waals surface area contributed by atoms with Crippen LogP contribution in [0.5, 0.6) is 0 Å². The van der Waals surface area contributed by atoms with Crippen LogP contribution in [0, 0.1) is 10.1 Å². The summed E-state index contributed by atoms with van der Waals surface area (Å²) in [5, 5.41) is 11.9. The normalized spacial score (nSPS) is 10.9. The van der Waals surface area contributed by atoms with Crippen LogP contribution < -0.4 is 0 Å². The van der Waals surface area contributed by atoms with E-state index in [0.717, 1.165) is 10.0 Å². The number of rotatable bonds is 3. The van der Waals surface area contributed by atoms with Crippen molar-refractivity contribution in [1.29, 1.82) is 0 Å². The van der Waals surface area contributed by atoms with Gasteiger partial charge in [-0.3, -0.25) is 10.1 Å². The summed E-state index contributed by atoms with van der Waals surface area (Å²) >= 11 is 15.0. The summed E-state index contributed by atoms with van der Waals surface area (Å²) < 4.78 is 0.817. The Labute approximate surface area is 134 Å². The molecule has 0 radical (unpaired) electrons. The number of nitro benzene ring substituents is 1. The predicted octanol–water partition coefficient (Wildman–Crippen LogP) is 5.83. The Morgan fingerprint density at radius 1 is 1.00 bits per heavy atom. The van der Waals surface area contributed by atoms with Gasteiger partial charge in [-0.05, 0) is 35.9 Å². The minimum absolute atomic E-state index is 0.0289. The fourth-order valence-corrected chi connectivity index (χ4v) is 2.61. The van der Waals surface area contributed by atoms with Crippen LogP contribution in [0.1, 0.15) is 11.1 Å². The highest BCUT2D eigenvalue weighted by Crippen LogP contribution is 2.27. The van der Waals surface area contributed by atoms with E-state index < -0.39 is 4.92 Å². The minimum atomic E-state index is -0.456. The summed E-state index contributed by atoms with van der Waals surface area (Å²) in [5.74, 6) is 0. The third-order valence-electron chi connectivity index (χ3n) is 2.59. The van der Waals surface area contributed by atoms with Gasteiger partial charge in [0.15, 0.2) is 0 Å². The number of nitrogens with zero attached hydrogens (tertiary/aromatic N) is 1. The van der Waals surface area contributed by atoms with Crippen molar-refractivity contribution in [3.05, 3.63) is 72.2 Å². The fourth-order valence-electron chi connectivity index (χ4n) is 1.63. The van der Waals surface area contributed by atoms with E-state index in [9.17, 15) is 10.1 Å². The van der Waals surface area contributed by atoms with Gasteiger partial charge < -0.3 is 0 Å². The number of hydrogen-bond donors (Lipinski definition) is 0. The molecule has 0 unspecified atom stereocenters. The molecule has 0 aliphatic heterocycles. The molecular weight excluding hydrogens is 365 g/mol. The fraction of sp³-hybridized carbons (Fsp3) is 0. The van der Waals surface area contributed by atoms with Crippen molar-refractivity contribution in [1.82, 2.24) is 0 Å².